The summed E-state index contributed by atoms with van der Waals surface area (Å²) in [4.78, 5) is 2.42. The van der Waals surface area contributed by atoms with Crippen LogP contribution >= 0.6 is 0 Å². The summed E-state index contributed by atoms with van der Waals surface area (Å²) in [6.07, 6.45) is 4.16. The Balaban J connectivity index is 2.17. The minimum Gasteiger partial charge on any atom is -0.497 e. The van der Waals surface area contributed by atoms with Crippen LogP contribution in [0.25, 0.3) is 5.69 Å². The number of aromatic nitrogens is 2. The number of ether oxygens (including phenoxy) is 1. The van der Waals surface area contributed by atoms with Crippen molar-refractivity contribution in [2.45, 2.75) is 33.2 Å². The zero-order valence-corrected chi connectivity index (χ0v) is 13.7. The number of methoxy groups -OCH3 is 1. The van der Waals surface area contributed by atoms with Crippen molar-refractivity contribution < 1.29 is 4.74 Å². The van der Waals surface area contributed by atoms with E-state index < -0.39 is 0 Å². The van der Waals surface area contributed by atoms with Crippen LogP contribution < -0.4 is 10.5 Å². The van der Waals surface area contributed by atoms with Crippen molar-refractivity contribution in [3.05, 3.63) is 36.0 Å². The number of rotatable bonds is 8. The first-order valence-electron chi connectivity index (χ1n) is 7.88. The summed E-state index contributed by atoms with van der Waals surface area (Å²) in [7, 11) is 1.66. The maximum absolute atomic E-state index is 6.29. The third-order valence-corrected chi connectivity index (χ3v) is 3.68. The van der Waals surface area contributed by atoms with Crippen LogP contribution in [-0.2, 0) is 6.54 Å². The molecule has 2 aromatic rings. The molecule has 0 spiro atoms. The normalized spacial score (nSPS) is 11.1. The molecule has 0 aliphatic heterocycles. The van der Waals surface area contributed by atoms with E-state index in [1.54, 1.807) is 11.8 Å². The van der Waals surface area contributed by atoms with Crippen LogP contribution in [0, 0.1) is 0 Å². The van der Waals surface area contributed by atoms with Gasteiger partial charge < -0.3 is 10.5 Å². The lowest BCUT2D eigenvalue weighted by atomic mass is 10.2. The highest BCUT2D eigenvalue weighted by Crippen LogP contribution is 2.21. The average Bonchev–Trinajstić information content (AvgIpc) is 2.89. The Morgan fingerprint density at radius 3 is 2.32 bits per heavy atom. The first-order valence-corrected chi connectivity index (χ1v) is 7.88. The molecule has 2 rings (SSSR count). The fourth-order valence-electron chi connectivity index (χ4n) is 2.59. The molecule has 1 aromatic carbocycles. The Bertz CT molecular complexity index is 571. The molecule has 0 amide bonds. The van der Waals surface area contributed by atoms with E-state index >= 15 is 0 Å². The fraction of sp³-hybridized carbons (Fsp3) is 0.471. The molecule has 0 unspecified atom stereocenters. The molecule has 0 saturated heterocycles. The molecule has 1 aromatic heterocycles. The molecule has 2 N–H and O–H groups in total. The first kappa shape index (κ1) is 16.4. The predicted molar refractivity (Wildman–Crippen MR) is 90.4 cm³/mol. The summed E-state index contributed by atoms with van der Waals surface area (Å²) in [5, 5.41) is 4.44. The quantitative estimate of drug-likeness (QED) is 0.814. The van der Waals surface area contributed by atoms with Gasteiger partial charge in [-0.15, -0.1) is 0 Å². The number of nitrogens with two attached hydrogens (primary N) is 1. The van der Waals surface area contributed by atoms with Crippen molar-refractivity contribution in [2.75, 3.05) is 25.9 Å². The molecule has 22 heavy (non-hydrogen) atoms. The second kappa shape index (κ2) is 7.84. The highest BCUT2D eigenvalue weighted by Gasteiger charge is 2.12. The molecule has 5 nitrogen and oxygen atoms in total. The van der Waals surface area contributed by atoms with Gasteiger partial charge in [-0.25, -0.2) is 4.68 Å². The molecule has 0 radical (unpaired) electrons. The molecule has 0 fully saturated rings. The molecular weight excluding hydrogens is 276 g/mol. The number of nitrogens with zero attached hydrogens (tertiary/aromatic N) is 3. The van der Waals surface area contributed by atoms with Crippen molar-refractivity contribution in [1.82, 2.24) is 14.7 Å². The van der Waals surface area contributed by atoms with E-state index in [4.69, 9.17) is 10.5 Å². The highest BCUT2D eigenvalue weighted by molar-refractivity contribution is 5.48. The third kappa shape index (κ3) is 3.80. The van der Waals surface area contributed by atoms with Crippen LogP contribution in [0.1, 0.15) is 32.3 Å². The van der Waals surface area contributed by atoms with E-state index in [2.05, 4.69) is 23.8 Å². The van der Waals surface area contributed by atoms with Crippen LogP contribution in [0.3, 0.4) is 0 Å². The van der Waals surface area contributed by atoms with Gasteiger partial charge in [0.05, 0.1) is 19.0 Å². The fourth-order valence-corrected chi connectivity index (χ4v) is 2.59. The highest BCUT2D eigenvalue weighted by atomic mass is 16.5. The lowest BCUT2D eigenvalue weighted by Gasteiger charge is -2.20. The third-order valence-electron chi connectivity index (χ3n) is 3.68. The van der Waals surface area contributed by atoms with Crippen molar-refractivity contribution in [1.29, 1.82) is 0 Å². The number of hydrogen-bond acceptors (Lipinski definition) is 4. The van der Waals surface area contributed by atoms with E-state index in [9.17, 15) is 0 Å². The Hall–Kier alpha value is -2.01. The van der Waals surface area contributed by atoms with E-state index in [1.165, 1.54) is 0 Å². The summed E-state index contributed by atoms with van der Waals surface area (Å²) in [5.41, 5.74) is 8.32. The van der Waals surface area contributed by atoms with Gasteiger partial charge in [0, 0.05) is 12.1 Å². The number of benzene rings is 1. The Morgan fingerprint density at radius 2 is 1.77 bits per heavy atom. The van der Waals surface area contributed by atoms with E-state index in [0.717, 1.165) is 49.5 Å². The van der Waals surface area contributed by atoms with Crippen LogP contribution in [-0.4, -0.2) is 34.9 Å². The van der Waals surface area contributed by atoms with E-state index in [-0.39, 0.29) is 0 Å². The summed E-state index contributed by atoms with van der Waals surface area (Å²) < 4.78 is 6.96. The molecule has 120 valence electrons. The van der Waals surface area contributed by atoms with Gasteiger partial charge in [-0.1, -0.05) is 13.8 Å². The van der Waals surface area contributed by atoms with Crippen molar-refractivity contribution in [3.8, 4) is 11.4 Å². The van der Waals surface area contributed by atoms with E-state index in [0.29, 0.717) is 5.82 Å². The smallest absolute Gasteiger partial charge is 0.131 e. The summed E-state index contributed by atoms with van der Waals surface area (Å²) >= 11 is 0. The summed E-state index contributed by atoms with van der Waals surface area (Å²) in [5.74, 6) is 1.54. The molecular formula is C17H26N4O. The lowest BCUT2D eigenvalue weighted by molar-refractivity contribution is 0.267. The van der Waals surface area contributed by atoms with Gasteiger partial charge in [0.2, 0.25) is 0 Å². The topological polar surface area (TPSA) is 56.3 Å². The predicted octanol–water partition coefficient (Wildman–Crippen LogP) is 3.09. The van der Waals surface area contributed by atoms with Crippen LogP contribution in [0.2, 0.25) is 0 Å². The second-order valence-corrected chi connectivity index (χ2v) is 5.44. The number of anilines is 1. The SMILES string of the molecule is CCCN(CCC)Cc1cnn(-c2ccc(OC)cc2)c1N. The van der Waals surface area contributed by atoms with Crippen LogP contribution in [0.4, 0.5) is 5.82 Å². The minimum absolute atomic E-state index is 0.711. The van der Waals surface area contributed by atoms with Gasteiger partial charge in [0.1, 0.15) is 11.6 Å². The van der Waals surface area contributed by atoms with Gasteiger partial charge in [-0.2, -0.15) is 5.10 Å². The maximum atomic E-state index is 6.29. The Morgan fingerprint density at radius 1 is 1.14 bits per heavy atom. The molecule has 0 aliphatic rings. The first-order chi connectivity index (χ1) is 10.7. The van der Waals surface area contributed by atoms with Gasteiger partial charge in [-0.3, -0.25) is 4.90 Å². The second-order valence-electron chi connectivity index (χ2n) is 5.44. The number of nitrogen functional groups attached to an aromatic ring is 1. The summed E-state index contributed by atoms with van der Waals surface area (Å²) in [6.45, 7) is 7.42. The van der Waals surface area contributed by atoms with Gasteiger partial charge >= 0.3 is 0 Å². The standard InChI is InChI=1S/C17H26N4O/c1-4-10-20(11-5-2)13-14-12-19-21(17(14)18)15-6-8-16(22-3)9-7-15/h6-9,12H,4-5,10-11,13,18H2,1-3H3. The molecule has 0 aliphatic carbocycles. The average molecular weight is 302 g/mol. The molecule has 0 bridgehead atoms. The molecule has 0 atom stereocenters. The van der Waals surface area contributed by atoms with Gasteiger partial charge in [-0.05, 0) is 50.2 Å². The maximum Gasteiger partial charge on any atom is 0.131 e. The molecule has 1 heterocycles. The van der Waals surface area contributed by atoms with Gasteiger partial charge in [0.15, 0.2) is 0 Å². The van der Waals surface area contributed by atoms with Crippen LogP contribution in [0.5, 0.6) is 5.75 Å². The molecule has 5 heteroatoms. The largest absolute Gasteiger partial charge is 0.497 e. The number of hydrogen-bond donors (Lipinski definition) is 1. The Labute approximate surface area is 132 Å². The van der Waals surface area contributed by atoms with Crippen molar-refractivity contribution in [2.24, 2.45) is 0 Å². The minimum atomic E-state index is 0.711. The lowest BCUT2D eigenvalue weighted by Crippen LogP contribution is -2.25. The zero-order chi connectivity index (χ0) is 15.9. The monoisotopic (exact) mass is 302 g/mol. The summed E-state index contributed by atoms with van der Waals surface area (Å²) in [6, 6.07) is 7.75. The van der Waals surface area contributed by atoms with Gasteiger partial charge in [0.25, 0.3) is 0 Å². The van der Waals surface area contributed by atoms with Crippen LogP contribution in [0.15, 0.2) is 30.5 Å². The zero-order valence-electron chi connectivity index (χ0n) is 13.7. The molecule has 0 saturated carbocycles. The Kier molecular flexibility index (Phi) is 5.83. The van der Waals surface area contributed by atoms with E-state index in [1.807, 2.05) is 30.5 Å². The van der Waals surface area contributed by atoms with Crippen molar-refractivity contribution in [3.63, 3.8) is 0 Å². The van der Waals surface area contributed by atoms with Crippen molar-refractivity contribution >= 4 is 5.82 Å².